The summed E-state index contributed by atoms with van der Waals surface area (Å²) < 4.78 is 0. The fraction of sp³-hybridized carbons (Fsp3) is 0.308. The molecule has 0 saturated carbocycles. The molecule has 1 nitrogen and oxygen atoms in total. The number of ketones is 1. The standard InChI is InChI=1S/C13H13BrO/c1-11(15)8-9-13-6-3-2-5-12(13)7-4-10-14/h2-3,5-6H,7-9H2,1H3. The summed E-state index contributed by atoms with van der Waals surface area (Å²) in [6, 6.07) is 8.13. The van der Waals surface area contributed by atoms with Gasteiger partial charge in [0, 0.05) is 28.8 Å². The number of aryl methyl sites for hydroxylation is 1. The Morgan fingerprint density at radius 2 is 2.00 bits per heavy atom. The fourth-order valence-corrected chi connectivity index (χ4v) is 1.55. The number of rotatable bonds is 4. The number of halogens is 1. The molecule has 0 fully saturated rings. The van der Waals surface area contributed by atoms with Crippen LogP contribution in [0.15, 0.2) is 24.3 Å². The summed E-state index contributed by atoms with van der Waals surface area (Å²) in [5, 5.41) is 0. The molecule has 0 aliphatic carbocycles. The molecular weight excluding hydrogens is 252 g/mol. The van der Waals surface area contributed by atoms with Crippen molar-refractivity contribution >= 4 is 21.7 Å². The molecule has 0 aromatic heterocycles. The van der Waals surface area contributed by atoms with Gasteiger partial charge in [0.15, 0.2) is 0 Å². The number of carbonyl (C=O) groups is 1. The van der Waals surface area contributed by atoms with Crippen molar-refractivity contribution in [1.29, 1.82) is 0 Å². The minimum atomic E-state index is 0.233. The highest BCUT2D eigenvalue weighted by Crippen LogP contribution is 2.11. The molecule has 0 aliphatic rings. The van der Waals surface area contributed by atoms with E-state index in [1.165, 1.54) is 11.1 Å². The van der Waals surface area contributed by atoms with Gasteiger partial charge in [-0.1, -0.05) is 30.2 Å². The van der Waals surface area contributed by atoms with E-state index in [1.807, 2.05) is 12.1 Å². The Bertz CT molecular complexity index is 398. The monoisotopic (exact) mass is 264 g/mol. The molecule has 78 valence electrons. The number of carbonyl (C=O) groups excluding carboxylic acids is 1. The van der Waals surface area contributed by atoms with Gasteiger partial charge < -0.3 is 4.79 Å². The van der Waals surface area contributed by atoms with E-state index in [0.717, 1.165) is 12.8 Å². The summed E-state index contributed by atoms with van der Waals surface area (Å²) in [5.74, 6) is 3.21. The largest absolute Gasteiger partial charge is 0.300 e. The van der Waals surface area contributed by atoms with Gasteiger partial charge in [0.05, 0.1) is 0 Å². The lowest BCUT2D eigenvalue weighted by atomic mass is 10.00. The van der Waals surface area contributed by atoms with E-state index in [2.05, 4.69) is 38.8 Å². The van der Waals surface area contributed by atoms with Gasteiger partial charge in [-0.15, -0.1) is 0 Å². The van der Waals surface area contributed by atoms with Crippen molar-refractivity contribution in [1.82, 2.24) is 0 Å². The predicted octanol–water partition coefficient (Wildman–Crippen LogP) is 3.11. The third kappa shape index (κ3) is 4.31. The summed E-state index contributed by atoms with van der Waals surface area (Å²) >= 11 is 3.08. The molecule has 0 bridgehead atoms. The van der Waals surface area contributed by atoms with E-state index in [9.17, 15) is 4.79 Å². The molecule has 0 amide bonds. The highest BCUT2D eigenvalue weighted by atomic mass is 79.9. The minimum absolute atomic E-state index is 0.233. The molecule has 1 aromatic carbocycles. The van der Waals surface area contributed by atoms with Gasteiger partial charge in [-0.25, -0.2) is 0 Å². The van der Waals surface area contributed by atoms with Gasteiger partial charge in [0.25, 0.3) is 0 Å². The maximum absolute atomic E-state index is 10.9. The van der Waals surface area contributed by atoms with Crippen LogP contribution in [0.3, 0.4) is 0 Å². The zero-order valence-corrected chi connectivity index (χ0v) is 10.3. The van der Waals surface area contributed by atoms with E-state index in [1.54, 1.807) is 6.92 Å². The molecule has 0 heterocycles. The molecule has 0 N–H and O–H groups in total. The van der Waals surface area contributed by atoms with Crippen LogP contribution in [0.25, 0.3) is 0 Å². The Hall–Kier alpha value is -1.07. The first-order valence-corrected chi connectivity index (χ1v) is 5.68. The molecule has 0 atom stereocenters. The molecule has 1 aromatic rings. The van der Waals surface area contributed by atoms with E-state index >= 15 is 0 Å². The zero-order valence-electron chi connectivity index (χ0n) is 8.72. The van der Waals surface area contributed by atoms with Crippen LogP contribution >= 0.6 is 15.9 Å². The van der Waals surface area contributed by atoms with Crippen molar-refractivity contribution in [3.63, 3.8) is 0 Å². The van der Waals surface area contributed by atoms with Crippen molar-refractivity contribution in [2.45, 2.75) is 26.2 Å². The van der Waals surface area contributed by atoms with Crippen molar-refractivity contribution in [2.75, 3.05) is 0 Å². The lowest BCUT2D eigenvalue weighted by molar-refractivity contribution is -0.116. The first-order chi connectivity index (χ1) is 7.24. The number of Topliss-reactive ketones (excluding diaryl/α,β-unsaturated/α-hetero) is 1. The first kappa shape index (κ1) is 12.0. The lowest BCUT2D eigenvalue weighted by Crippen LogP contribution is -1.97. The fourth-order valence-electron chi connectivity index (χ4n) is 1.41. The quantitative estimate of drug-likeness (QED) is 0.764. The third-order valence-corrected chi connectivity index (χ3v) is 2.49. The highest BCUT2D eigenvalue weighted by Gasteiger charge is 2.01. The number of hydrogen-bond donors (Lipinski definition) is 0. The van der Waals surface area contributed by atoms with Crippen molar-refractivity contribution in [2.24, 2.45) is 0 Å². The molecule has 0 saturated heterocycles. The van der Waals surface area contributed by atoms with Crippen molar-refractivity contribution in [3.05, 3.63) is 35.4 Å². The van der Waals surface area contributed by atoms with Gasteiger partial charge in [-0.05, 0) is 29.3 Å². The minimum Gasteiger partial charge on any atom is -0.300 e. The summed E-state index contributed by atoms with van der Waals surface area (Å²) in [4.78, 5) is 13.6. The normalized spacial score (nSPS) is 9.20. The van der Waals surface area contributed by atoms with Crippen LogP contribution in [0.5, 0.6) is 0 Å². The molecule has 2 heteroatoms. The Morgan fingerprint density at radius 1 is 1.33 bits per heavy atom. The smallest absolute Gasteiger partial charge is 0.130 e. The van der Waals surface area contributed by atoms with E-state index in [4.69, 9.17) is 0 Å². The van der Waals surface area contributed by atoms with E-state index < -0.39 is 0 Å². The predicted molar refractivity (Wildman–Crippen MR) is 65.9 cm³/mol. The van der Waals surface area contributed by atoms with Crippen molar-refractivity contribution in [3.8, 4) is 10.8 Å². The van der Waals surface area contributed by atoms with E-state index in [-0.39, 0.29) is 5.78 Å². The Kier molecular flexibility index (Phi) is 5.14. The van der Waals surface area contributed by atoms with Crippen LogP contribution in [0.4, 0.5) is 0 Å². The lowest BCUT2D eigenvalue weighted by Gasteiger charge is -2.05. The second-order valence-electron chi connectivity index (χ2n) is 3.42. The van der Waals surface area contributed by atoms with Gasteiger partial charge in [-0.2, -0.15) is 0 Å². The van der Waals surface area contributed by atoms with Crippen LogP contribution in [0.2, 0.25) is 0 Å². The first-order valence-electron chi connectivity index (χ1n) is 4.88. The maximum atomic E-state index is 10.9. The number of benzene rings is 1. The van der Waals surface area contributed by atoms with Gasteiger partial charge in [0.1, 0.15) is 5.78 Å². The van der Waals surface area contributed by atoms with Crippen LogP contribution in [-0.2, 0) is 17.6 Å². The van der Waals surface area contributed by atoms with Crippen LogP contribution in [-0.4, -0.2) is 5.78 Å². The number of hydrogen-bond acceptors (Lipinski definition) is 1. The SMILES string of the molecule is CC(=O)CCc1ccccc1CC#CBr. The summed E-state index contributed by atoms with van der Waals surface area (Å²) in [6.45, 7) is 1.63. The van der Waals surface area contributed by atoms with Gasteiger partial charge >= 0.3 is 0 Å². The molecule has 0 unspecified atom stereocenters. The third-order valence-electron chi connectivity index (χ3n) is 2.21. The summed E-state index contributed by atoms with van der Waals surface area (Å²) in [5.41, 5.74) is 2.44. The molecule has 15 heavy (non-hydrogen) atoms. The zero-order chi connectivity index (χ0) is 11.1. The van der Waals surface area contributed by atoms with Gasteiger partial charge in [0.2, 0.25) is 0 Å². The summed E-state index contributed by atoms with van der Waals surface area (Å²) in [6.07, 6.45) is 2.16. The van der Waals surface area contributed by atoms with Crippen LogP contribution < -0.4 is 0 Å². The Labute approximate surface area is 99.0 Å². The highest BCUT2D eigenvalue weighted by molar-refractivity contribution is 9.12. The summed E-state index contributed by atoms with van der Waals surface area (Å²) in [7, 11) is 0. The Morgan fingerprint density at radius 3 is 2.60 bits per heavy atom. The molecule has 0 radical (unpaired) electrons. The molecule has 1 rings (SSSR count). The average Bonchev–Trinajstić information content (AvgIpc) is 2.24. The van der Waals surface area contributed by atoms with Crippen LogP contribution in [0.1, 0.15) is 24.5 Å². The Balaban J connectivity index is 2.75. The van der Waals surface area contributed by atoms with E-state index in [0.29, 0.717) is 6.42 Å². The average molecular weight is 265 g/mol. The van der Waals surface area contributed by atoms with Crippen molar-refractivity contribution < 1.29 is 4.79 Å². The maximum Gasteiger partial charge on any atom is 0.130 e. The molecule has 0 aliphatic heterocycles. The second kappa shape index (κ2) is 6.42. The second-order valence-corrected chi connectivity index (χ2v) is 3.82. The molecular formula is C13H13BrO. The van der Waals surface area contributed by atoms with Crippen LogP contribution in [0, 0.1) is 10.8 Å². The molecule has 0 spiro atoms. The topological polar surface area (TPSA) is 17.1 Å². The van der Waals surface area contributed by atoms with Gasteiger partial charge in [-0.3, -0.25) is 0 Å².